The number of carbonyl (C=O) groups is 1. The lowest BCUT2D eigenvalue weighted by Gasteiger charge is -2.19. The van der Waals surface area contributed by atoms with E-state index in [1.54, 1.807) is 6.92 Å². The second kappa shape index (κ2) is 6.20. The summed E-state index contributed by atoms with van der Waals surface area (Å²) in [6, 6.07) is 5.71. The van der Waals surface area contributed by atoms with Gasteiger partial charge in [-0.3, -0.25) is 0 Å². The van der Waals surface area contributed by atoms with Gasteiger partial charge in [-0.15, -0.1) is 0 Å². The predicted octanol–water partition coefficient (Wildman–Crippen LogP) is 3.64. The maximum Gasteiger partial charge on any atom is 0.439 e. The van der Waals surface area contributed by atoms with Crippen LogP contribution in [0.3, 0.4) is 0 Å². The normalized spacial score (nSPS) is 11.2. The van der Waals surface area contributed by atoms with Crippen molar-refractivity contribution >= 4 is 16.8 Å². The van der Waals surface area contributed by atoms with E-state index in [1.165, 1.54) is 0 Å². The van der Waals surface area contributed by atoms with Crippen LogP contribution in [-0.4, -0.2) is 10.8 Å². The molecule has 4 nitrogen and oxygen atoms in total. The summed E-state index contributed by atoms with van der Waals surface area (Å²) in [7, 11) is 0. The quantitative estimate of drug-likeness (QED) is 0.865. The van der Waals surface area contributed by atoms with Crippen molar-refractivity contribution in [3.63, 3.8) is 0 Å². The Hall–Kier alpha value is -1.97. The fourth-order valence-corrected chi connectivity index (χ4v) is 2.23. The van der Waals surface area contributed by atoms with E-state index in [-0.39, 0.29) is 18.6 Å². The molecule has 4 heteroatoms. The summed E-state index contributed by atoms with van der Waals surface area (Å²) in [5, 5.41) is 0.846. The molecule has 0 radical (unpaired) electrons. The molecule has 1 aromatic heterocycles. The van der Waals surface area contributed by atoms with E-state index in [4.69, 9.17) is 4.42 Å². The molecule has 0 atom stereocenters. The number of para-hydroxylation sites is 1. The molecule has 0 fully saturated rings. The number of hydrogen-bond acceptors (Lipinski definition) is 4. The molecule has 1 aromatic carbocycles. The minimum atomic E-state index is -0.585. The summed E-state index contributed by atoms with van der Waals surface area (Å²) in [4.78, 5) is 26.9. The Kier molecular flexibility index (Phi) is 5.05. The van der Waals surface area contributed by atoms with Crippen molar-refractivity contribution in [2.45, 2.75) is 53.4 Å². The summed E-state index contributed by atoms with van der Waals surface area (Å²) in [5.74, 6) is -0.466. The van der Waals surface area contributed by atoms with Crippen LogP contribution in [0.1, 0.15) is 52.8 Å². The highest BCUT2D eigenvalue weighted by Crippen LogP contribution is 2.28. The first-order valence-corrected chi connectivity index (χ1v) is 6.71. The van der Waals surface area contributed by atoms with E-state index in [0.29, 0.717) is 18.4 Å². The number of carbonyl (C=O) groups excluding carboxylic acids is 1. The molecule has 2 aromatic rings. The summed E-state index contributed by atoms with van der Waals surface area (Å²) in [6.07, 6.45) is 1.01. The Morgan fingerprint density at radius 3 is 2.52 bits per heavy atom. The summed E-state index contributed by atoms with van der Waals surface area (Å²) < 4.78 is 5.28. The number of fused-ring (bicyclic) bond motifs is 1. The third kappa shape index (κ3) is 3.78. The number of aromatic nitrogens is 1. The van der Waals surface area contributed by atoms with Crippen molar-refractivity contribution in [1.29, 1.82) is 0 Å². The van der Waals surface area contributed by atoms with Crippen LogP contribution >= 0.6 is 0 Å². The van der Waals surface area contributed by atoms with Crippen molar-refractivity contribution in [3.05, 3.63) is 40.0 Å². The second-order valence-corrected chi connectivity index (χ2v) is 6.07. The molecule has 0 aliphatic heterocycles. The third-order valence-electron chi connectivity index (χ3n) is 3.20. The topological polar surface area (TPSA) is 60.2 Å². The van der Waals surface area contributed by atoms with Gasteiger partial charge in [-0.25, -0.2) is 4.79 Å². The number of benzene rings is 1. The van der Waals surface area contributed by atoms with Gasteiger partial charge in [0, 0.05) is 17.2 Å². The van der Waals surface area contributed by atoms with Gasteiger partial charge in [-0.2, -0.15) is 4.98 Å². The van der Waals surface area contributed by atoms with Gasteiger partial charge in [0.15, 0.2) is 0 Å². The maximum absolute atomic E-state index is 11.7. The van der Waals surface area contributed by atoms with Crippen molar-refractivity contribution in [2.75, 3.05) is 0 Å². The fraction of sp³-hybridized carbons (Fsp3) is 0.471. The van der Waals surface area contributed by atoms with Gasteiger partial charge >= 0.3 is 5.76 Å². The van der Waals surface area contributed by atoms with Crippen LogP contribution in [0.4, 0.5) is 0 Å². The molecular weight excluding hydrogens is 266 g/mol. The fourth-order valence-electron chi connectivity index (χ4n) is 2.23. The second-order valence-electron chi connectivity index (χ2n) is 6.07. The van der Waals surface area contributed by atoms with Crippen molar-refractivity contribution < 1.29 is 9.21 Å². The monoisotopic (exact) mass is 289 g/mol. The zero-order valence-electron chi connectivity index (χ0n) is 12.3. The lowest BCUT2D eigenvalue weighted by molar-refractivity contribution is -0.116. The van der Waals surface area contributed by atoms with E-state index in [2.05, 4.69) is 4.98 Å². The first-order valence-electron chi connectivity index (χ1n) is 6.71. The van der Waals surface area contributed by atoms with Gasteiger partial charge in [0.2, 0.25) is 0 Å². The Bertz CT molecular complexity index is 708. The van der Waals surface area contributed by atoms with E-state index >= 15 is 0 Å². The summed E-state index contributed by atoms with van der Waals surface area (Å²) in [6.45, 7) is 7.59. The molecule has 0 saturated carbocycles. The highest BCUT2D eigenvalue weighted by atomic mass is 16.4. The number of aryl methyl sites for hydroxylation is 1. The van der Waals surface area contributed by atoms with Gasteiger partial charge in [-0.1, -0.05) is 40.3 Å². The Morgan fingerprint density at radius 2 is 1.95 bits per heavy atom. The van der Waals surface area contributed by atoms with Crippen molar-refractivity contribution in [3.8, 4) is 0 Å². The number of rotatable bonds is 3. The molecule has 114 valence electrons. The third-order valence-corrected chi connectivity index (χ3v) is 3.20. The average Bonchev–Trinajstić information content (AvgIpc) is 2.34. The van der Waals surface area contributed by atoms with E-state index < -0.39 is 5.76 Å². The number of ketones is 1. The predicted molar refractivity (Wildman–Crippen MR) is 84.7 cm³/mol. The molecule has 0 spiro atoms. The molecule has 0 bridgehead atoms. The standard InChI is InChI=1S/C16H19NO3.CH4/c1-10(18)8-9-11-6-5-7-12-13(11)20-15(19)17-14(12)16(2,3)4;/h5-7H,8-9H2,1-4H3;1H4. The minimum Gasteiger partial charge on any atom is -0.408 e. The maximum atomic E-state index is 11.7. The van der Waals surface area contributed by atoms with Crippen LogP contribution in [0.15, 0.2) is 27.4 Å². The molecule has 0 aliphatic rings. The lowest BCUT2D eigenvalue weighted by Crippen LogP contribution is -2.20. The number of Topliss-reactive ketones (excluding diaryl/α,β-unsaturated/α-hetero) is 1. The van der Waals surface area contributed by atoms with E-state index in [0.717, 1.165) is 16.6 Å². The van der Waals surface area contributed by atoms with Gasteiger partial charge in [0.1, 0.15) is 11.4 Å². The molecule has 1 heterocycles. The van der Waals surface area contributed by atoms with Gasteiger partial charge in [0.05, 0.1) is 5.69 Å². The molecular formula is C17H23NO3. The molecule has 2 rings (SSSR count). The first kappa shape index (κ1) is 17.1. The smallest absolute Gasteiger partial charge is 0.408 e. The van der Waals surface area contributed by atoms with Crippen LogP contribution in [0.2, 0.25) is 0 Å². The zero-order chi connectivity index (χ0) is 14.9. The summed E-state index contributed by atoms with van der Waals surface area (Å²) in [5.41, 5.74) is 1.92. The Balaban J connectivity index is 0.00000220. The molecule has 0 amide bonds. The average molecular weight is 289 g/mol. The van der Waals surface area contributed by atoms with E-state index in [9.17, 15) is 9.59 Å². The summed E-state index contributed by atoms with van der Waals surface area (Å²) >= 11 is 0. The highest BCUT2D eigenvalue weighted by molar-refractivity contribution is 5.83. The SMILES string of the molecule is C.CC(=O)CCc1cccc2c(C(C)(C)C)nc(=O)oc12. The van der Waals surface area contributed by atoms with E-state index in [1.807, 2.05) is 39.0 Å². The van der Waals surface area contributed by atoms with Crippen LogP contribution in [0.25, 0.3) is 11.0 Å². The first-order chi connectivity index (χ1) is 9.29. The van der Waals surface area contributed by atoms with Gasteiger partial charge in [0.25, 0.3) is 0 Å². The highest BCUT2D eigenvalue weighted by Gasteiger charge is 2.21. The Morgan fingerprint density at radius 1 is 1.29 bits per heavy atom. The molecule has 0 saturated heterocycles. The van der Waals surface area contributed by atoms with Gasteiger partial charge in [-0.05, 0) is 25.0 Å². The molecule has 0 N–H and O–H groups in total. The molecule has 0 unspecified atom stereocenters. The van der Waals surface area contributed by atoms with Crippen LogP contribution < -0.4 is 5.76 Å². The minimum absolute atomic E-state index is 0. The van der Waals surface area contributed by atoms with Gasteiger partial charge < -0.3 is 9.21 Å². The van der Waals surface area contributed by atoms with Crippen LogP contribution in [0, 0.1) is 0 Å². The van der Waals surface area contributed by atoms with Crippen LogP contribution in [-0.2, 0) is 16.6 Å². The molecule has 21 heavy (non-hydrogen) atoms. The molecule has 0 aliphatic carbocycles. The lowest BCUT2D eigenvalue weighted by atomic mass is 9.88. The van der Waals surface area contributed by atoms with Crippen LogP contribution in [0.5, 0.6) is 0 Å². The Labute approximate surface area is 125 Å². The van der Waals surface area contributed by atoms with Crippen molar-refractivity contribution in [1.82, 2.24) is 4.98 Å². The largest absolute Gasteiger partial charge is 0.439 e. The number of hydrogen-bond donors (Lipinski definition) is 0. The zero-order valence-corrected chi connectivity index (χ0v) is 12.3. The van der Waals surface area contributed by atoms with Crippen molar-refractivity contribution in [2.24, 2.45) is 0 Å². The number of nitrogens with zero attached hydrogens (tertiary/aromatic N) is 1.